The maximum absolute atomic E-state index is 3.61. The molecule has 3 heteroatoms. The fourth-order valence-corrected chi connectivity index (χ4v) is 3.39. The molecule has 1 atom stereocenters. The second-order valence-electron chi connectivity index (χ2n) is 5.35. The van der Waals surface area contributed by atoms with Crippen LogP contribution in [0.3, 0.4) is 0 Å². The summed E-state index contributed by atoms with van der Waals surface area (Å²) < 4.78 is 1.15. The van der Waals surface area contributed by atoms with Gasteiger partial charge in [0, 0.05) is 35.8 Å². The molecule has 0 bridgehead atoms. The molecular weight excluding hydrogens is 312 g/mol. The van der Waals surface area contributed by atoms with Gasteiger partial charge in [-0.3, -0.25) is 0 Å². The van der Waals surface area contributed by atoms with Crippen LogP contribution in [0.15, 0.2) is 53.0 Å². The van der Waals surface area contributed by atoms with E-state index in [0.717, 1.165) is 24.1 Å². The van der Waals surface area contributed by atoms with Gasteiger partial charge in [-0.15, -0.1) is 0 Å². The Bertz CT molecular complexity index is 563. The zero-order valence-corrected chi connectivity index (χ0v) is 13.2. The zero-order valence-electron chi connectivity index (χ0n) is 11.6. The van der Waals surface area contributed by atoms with E-state index in [2.05, 4.69) is 81.6 Å². The maximum Gasteiger partial charge on any atom is 0.0498 e. The molecule has 0 amide bonds. The molecule has 0 radical (unpaired) electrons. The van der Waals surface area contributed by atoms with Gasteiger partial charge in [0.05, 0.1) is 0 Å². The molecule has 0 saturated carbocycles. The van der Waals surface area contributed by atoms with Crippen LogP contribution in [-0.4, -0.2) is 19.6 Å². The number of nitrogens with zero attached hydrogens (tertiary/aromatic N) is 1. The molecule has 104 valence electrons. The number of nitrogens with one attached hydrogen (secondary N) is 1. The van der Waals surface area contributed by atoms with E-state index in [-0.39, 0.29) is 0 Å². The van der Waals surface area contributed by atoms with Crippen LogP contribution in [0.5, 0.6) is 0 Å². The minimum atomic E-state index is 0.407. The van der Waals surface area contributed by atoms with Crippen LogP contribution in [0.2, 0.25) is 0 Å². The van der Waals surface area contributed by atoms with Crippen molar-refractivity contribution in [2.24, 2.45) is 0 Å². The zero-order chi connectivity index (χ0) is 13.9. The van der Waals surface area contributed by atoms with Crippen molar-refractivity contribution in [3.8, 4) is 0 Å². The second-order valence-corrected chi connectivity index (χ2v) is 6.27. The van der Waals surface area contributed by atoms with Gasteiger partial charge in [-0.25, -0.2) is 0 Å². The molecule has 2 aromatic carbocycles. The molecule has 0 spiro atoms. The number of aryl methyl sites for hydroxylation is 1. The van der Waals surface area contributed by atoms with Crippen molar-refractivity contribution in [1.82, 2.24) is 5.32 Å². The molecule has 1 aliphatic rings. The van der Waals surface area contributed by atoms with Crippen molar-refractivity contribution in [2.45, 2.75) is 13.0 Å². The van der Waals surface area contributed by atoms with Crippen LogP contribution in [0, 0.1) is 6.92 Å². The predicted molar refractivity (Wildman–Crippen MR) is 88.3 cm³/mol. The van der Waals surface area contributed by atoms with Crippen LogP contribution >= 0.6 is 15.9 Å². The largest absolute Gasteiger partial charge is 0.368 e. The number of halogens is 1. The minimum Gasteiger partial charge on any atom is -0.368 e. The van der Waals surface area contributed by atoms with E-state index >= 15 is 0 Å². The summed E-state index contributed by atoms with van der Waals surface area (Å²) in [6, 6.07) is 17.7. The quantitative estimate of drug-likeness (QED) is 0.898. The van der Waals surface area contributed by atoms with Gasteiger partial charge in [0.15, 0.2) is 0 Å². The lowest BCUT2D eigenvalue weighted by Crippen LogP contribution is -2.45. The Balaban J connectivity index is 1.81. The van der Waals surface area contributed by atoms with E-state index in [0.29, 0.717) is 6.04 Å². The molecule has 2 nitrogen and oxygen atoms in total. The molecule has 1 N–H and O–H groups in total. The highest BCUT2D eigenvalue weighted by Gasteiger charge is 2.21. The summed E-state index contributed by atoms with van der Waals surface area (Å²) in [5.41, 5.74) is 3.97. The maximum atomic E-state index is 3.61. The number of piperazine rings is 1. The molecule has 0 aromatic heterocycles. The molecule has 20 heavy (non-hydrogen) atoms. The molecular formula is C17H19BrN2. The normalized spacial score (nSPS) is 19.1. The van der Waals surface area contributed by atoms with Gasteiger partial charge in [0.1, 0.15) is 0 Å². The Morgan fingerprint density at radius 3 is 2.70 bits per heavy atom. The highest BCUT2D eigenvalue weighted by molar-refractivity contribution is 9.10. The second kappa shape index (κ2) is 5.98. The summed E-state index contributed by atoms with van der Waals surface area (Å²) in [6.45, 7) is 5.23. The lowest BCUT2D eigenvalue weighted by molar-refractivity contribution is 0.472. The lowest BCUT2D eigenvalue weighted by Gasteiger charge is -2.35. The fourth-order valence-electron chi connectivity index (χ4n) is 2.79. The average Bonchev–Trinajstić information content (AvgIpc) is 2.47. The van der Waals surface area contributed by atoms with E-state index in [4.69, 9.17) is 0 Å². The first-order valence-corrected chi connectivity index (χ1v) is 7.82. The van der Waals surface area contributed by atoms with E-state index < -0.39 is 0 Å². The number of rotatable bonds is 2. The van der Waals surface area contributed by atoms with Gasteiger partial charge >= 0.3 is 0 Å². The molecule has 1 fully saturated rings. The van der Waals surface area contributed by atoms with Gasteiger partial charge in [-0.2, -0.15) is 0 Å². The Hall–Kier alpha value is -1.32. The van der Waals surface area contributed by atoms with Crippen molar-refractivity contribution in [1.29, 1.82) is 0 Å². The molecule has 3 rings (SSSR count). The highest BCUT2D eigenvalue weighted by atomic mass is 79.9. The number of benzene rings is 2. The number of anilines is 1. The van der Waals surface area contributed by atoms with Crippen molar-refractivity contribution in [3.63, 3.8) is 0 Å². The summed E-state index contributed by atoms with van der Waals surface area (Å²) in [7, 11) is 0. The SMILES string of the molecule is Cc1cc(Br)cc(N2CCNC(c3ccccc3)C2)c1. The van der Waals surface area contributed by atoms with E-state index in [1.165, 1.54) is 16.8 Å². The van der Waals surface area contributed by atoms with Crippen molar-refractivity contribution < 1.29 is 0 Å². The minimum absolute atomic E-state index is 0.407. The molecule has 0 aliphatic carbocycles. The Morgan fingerprint density at radius 2 is 1.95 bits per heavy atom. The first kappa shape index (κ1) is 13.7. The predicted octanol–water partition coefficient (Wildman–Crippen LogP) is 3.91. The van der Waals surface area contributed by atoms with Crippen molar-refractivity contribution in [3.05, 3.63) is 64.1 Å². The third-order valence-corrected chi connectivity index (χ3v) is 4.23. The standard InChI is InChI=1S/C17H19BrN2/c1-13-9-15(18)11-16(10-13)20-8-7-19-17(12-20)14-5-3-2-4-6-14/h2-6,9-11,17,19H,7-8,12H2,1H3. The summed E-state index contributed by atoms with van der Waals surface area (Å²) in [5, 5.41) is 3.61. The van der Waals surface area contributed by atoms with Gasteiger partial charge in [0.25, 0.3) is 0 Å². The molecule has 1 saturated heterocycles. The Kier molecular flexibility index (Phi) is 4.08. The highest BCUT2D eigenvalue weighted by Crippen LogP contribution is 2.26. The average molecular weight is 331 g/mol. The topological polar surface area (TPSA) is 15.3 Å². The van der Waals surface area contributed by atoms with Gasteiger partial charge in [-0.05, 0) is 36.2 Å². The molecule has 2 aromatic rings. The third kappa shape index (κ3) is 3.05. The summed E-state index contributed by atoms with van der Waals surface area (Å²) >= 11 is 3.60. The first-order chi connectivity index (χ1) is 9.72. The van der Waals surface area contributed by atoms with Crippen LogP contribution in [0.25, 0.3) is 0 Å². The van der Waals surface area contributed by atoms with Crippen molar-refractivity contribution >= 4 is 21.6 Å². The Morgan fingerprint density at radius 1 is 1.15 bits per heavy atom. The van der Waals surface area contributed by atoms with Crippen LogP contribution in [0.1, 0.15) is 17.2 Å². The molecule has 1 aliphatic heterocycles. The van der Waals surface area contributed by atoms with E-state index in [9.17, 15) is 0 Å². The first-order valence-electron chi connectivity index (χ1n) is 7.03. The van der Waals surface area contributed by atoms with Crippen LogP contribution < -0.4 is 10.2 Å². The van der Waals surface area contributed by atoms with Crippen molar-refractivity contribution in [2.75, 3.05) is 24.5 Å². The smallest absolute Gasteiger partial charge is 0.0498 e. The summed E-state index contributed by atoms with van der Waals surface area (Å²) in [5.74, 6) is 0. The Labute approximate surface area is 128 Å². The summed E-state index contributed by atoms with van der Waals surface area (Å²) in [4.78, 5) is 2.46. The van der Waals surface area contributed by atoms with Gasteiger partial charge in [0.2, 0.25) is 0 Å². The van der Waals surface area contributed by atoms with E-state index in [1.807, 2.05) is 0 Å². The van der Waals surface area contributed by atoms with Crippen LogP contribution in [0.4, 0.5) is 5.69 Å². The number of hydrogen-bond donors (Lipinski definition) is 1. The summed E-state index contributed by atoms with van der Waals surface area (Å²) in [6.07, 6.45) is 0. The fraction of sp³-hybridized carbons (Fsp3) is 0.294. The van der Waals surface area contributed by atoms with Gasteiger partial charge in [-0.1, -0.05) is 46.3 Å². The monoisotopic (exact) mass is 330 g/mol. The number of hydrogen-bond acceptors (Lipinski definition) is 2. The van der Waals surface area contributed by atoms with Crippen LogP contribution in [-0.2, 0) is 0 Å². The third-order valence-electron chi connectivity index (χ3n) is 3.77. The van der Waals surface area contributed by atoms with E-state index in [1.54, 1.807) is 0 Å². The molecule has 1 unspecified atom stereocenters. The van der Waals surface area contributed by atoms with Gasteiger partial charge < -0.3 is 10.2 Å². The molecule has 1 heterocycles. The lowest BCUT2D eigenvalue weighted by atomic mass is 10.0.